The Morgan fingerprint density at radius 2 is 1.61 bits per heavy atom. The van der Waals surface area contributed by atoms with Crippen molar-refractivity contribution in [3.05, 3.63) is 70.7 Å². The third-order valence-electron chi connectivity index (χ3n) is 5.35. The summed E-state index contributed by atoms with van der Waals surface area (Å²) >= 11 is 6.07. The van der Waals surface area contributed by atoms with Crippen molar-refractivity contribution in [3.8, 4) is 0 Å². The Kier molecular flexibility index (Phi) is 5.62. The number of hydrogen-bond donors (Lipinski definition) is 2. The average molecular weight is 399 g/mol. The van der Waals surface area contributed by atoms with E-state index in [2.05, 4.69) is 10.9 Å². The lowest BCUT2D eigenvalue weighted by Crippen LogP contribution is -2.54. The SMILES string of the molecule is O=C(c1ccccc1)N1CCN(C(=O)C2CC(c3cccc(Cl)c3)NN2)CC1. The van der Waals surface area contributed by atoms with Crippen molar-refractivity contribution in [1.29, 1.82) is 0 Å². The highest BCUT2D eigenvalue weighted by Gasteiger charge is 2.34. The molecular weight excluding hydrogens is 376 g/mol. The third kappa shape index (κ3) is 4.04. The Balaban J connectivity index is 1.31. The van der Waals surface area contributed by atoms with Gasteiger partial charge in [-0.25, -0.2) is 10.9 Å². The zero-order chi connectivity index (χ0) is 19.5. The second-order valence-electron chi connectivity index (χ2n) is 7.17. The average Bonchev–Trinajstić information content (AvgIpc) is 3.24. The first-order valence-electron chi connectivity index (χ1n) is 9.51. The minimum Gasteiger partial charge on any atom is -0.338 e. The number of halogens is 1. The predicted molar refractivity (Wildman–Crippen MR) is 108 cm³/mol. The van der Waals surface area contributed by atoms with Crippen LogP contribution in [0.2, 0.25) is 5.02 Å². The van der Waals surface area contributed by atoms with Crippen LogP contribution >= 0.6 is 11.6 Å². The van der Waals surface area contributed by atoms with E-state index in [4.69, 9.17) is 11.6 Å². The highest BCUT2D eigenvalue weighted by atomic mass is 35.5. The summed E-state index contributed by atoms with van der Waals surface area (Å²) < 4.78 is 0. The van der Waals surface area contributed by atoms with Crippen LogP contribution in [0.1, 0.15) is 28.4 Å². The van der Waals surface area contributed by atoms with E-state index >= 15 is 0 Å². The minimum absolute atomic E-state index is 0.0226. The molecule has 0 saturated carbocycles. The molecule has 2 aliphatic rings. The second-order valence-corrected chi connectivity index (χ2v) is 7.60. The largest absolute Gasteiger partial charge is 0.338 e. The van der Waals surface area contributed by atoms with E-state index in [1.165, 1.54) is 0 Å². The summed E-state index contributed by atoms with van der Waals surface area (Å²) in [6.07, 6.45) is 0.669. The quantitative estimate of drug-likeness (QED) is 0.832. The molecule has 4 rings (SSSR count). The Morgan fingerprint density at radius 1 is 0.893 bits per heavy atom. The molecule has 146 valence electrons. The van der Waals surface area contributed by atoms with Gasteiger partial charge in [0, 0.05) is 42.8 Å². The number of carbonyl (C=O) groups excluding carboxylic acids is 2. The molecule has 2 atom stereocenters. The third-order valence-corrected chi connectivity index (χ3v) is 5.59. The number of hydrazine groups is 1. The van der Waals surface area contributed by atoms with Crippen molar-refractivity contribution in [2.45, 2.75) is 18.5 Å². The number of benzene rings is 2. The van der Waals surface area contributed by atoms with Gasteiger partial charge in [0.05, 0.1) is 0 Å². The van der Waals surface area contributed by atoms with Crippen molar-refractivity contribution in [1.82, 2.24) is 20.7 Å². The fourth-order valence-electron chi connectivity index (χ4n) is 3.77. The number of piperazine rings is 1. The van der Waals surface area contributed by atoms with Crippen molar-refractivity contribution in [3.63, 3.8) is 0 Å². The lowest BCUT2D eigenvalue weighted by atomic mass is 10.0. The Hall–Kier alpha value is -2.41. The van der Waals surface area contributed by atoms with Gasteiger partial charge >= 0.3 is 0 Å². The molecule has 2 aromatic rings. The first-order chi connectivity index (χ1) is 13.6. The van der Waals surface area contributed by atoms with Crippen LogP contribution in [0.15, 0.2) is 54.6 Å². The highest BCUT2D eigenvalue weighted by Crippen LogP contribution is 2.25. The van der Waals surface area contributed by atoms with Crippen molar-refractivity contribution < 1.29 is 9.59 Å². The van der Waals surface area contributed by atoms with E-state index in [0.29, 0.717) is 43.2 Å². The molecule has 0 radical (unpaired) electrons. The topological polar surface area (TPSA) is 64.7 Å². The molecule has 2 heterocycles. The molecule has 0 aliphatic carbocycles. The molecular formula is C21H23ClN4O2. The van der Waals surface area contributed by atoms with Crippen LogP contribution in [-0.2, 0) is 4.79 Å². The summed E-state index contributed by atoms with van der Waals surface area (Å²) in [6.45, 7) is 2.21. The fourth-order valence-corrected chi connectivity index (χ4v) is 3.97. The molecule has 28 heavy (non-hydrogen) atoms. The second kappa shape index (κ2) is 8.31. The lowest BCUT2D eigenvalue weighted by molar-refractivity contribution is -0.134. The van der Waals surface area contributed by atoms with Gasteiger partial charge in [-0.1, -0.05) is 41.9 Å². The van der Waals surface area contributed by atoms with Gasteiger partial charge in [0.15, 0.2) is 0 Å². The van der Waals surface area contributed by atoms with Crippen molar-refractivity contribution in [2.75, 3.05) is 26.2 Å². The molecule has 0 aromatic heterocycles. The first-order valence-corrected chi connectivity index (χ1v) is 9.89. The van der Waals surface area contributed by atoms with Gasteiger partial charge in [-0.2, -0.15) is 0 Å². The van der Waals surface area contributed by atoms with Gasteiger partial charge in [-0.3, -0.25) is 9.59 Å². The van der Waals surface area contributed by atoms with Crippen LogP contribution < -0.4 is 10.9 Å². The summed E-state index contributed by atoms with van der Waals surface area (Å²) in [4.78, 5) is 29.1. The molecule has 2 N–H and O–H groups in total. The molecule has 2 amide bonds. The molecule has 0 spiro atoms. The van der Waals surface area contributed by atoms with E-state index in [0.717, 1.165) is 5.56 Å². The molecule has 2 unspecified atom stereocenters. The molecule has 2 aliphatic heterocycles. The van der Waals surface area contributed by atoms with Crippen LogP contribution in [0.5, 0.6) is 0 Å². The van der Waals surface area contributed by atoms with Gasteiger partial charge in [0.2, 0.25) is 5.91 Å². The number of rotatable bonds is 3. The first kappa shape index (κ1) is 18.9. The van der Waals surface area contributed by atoms with E-state index in [9.17, 15) is 9.59 Å². The maximum Gasteiger partial charge on any atom is 0.253 e. The van der Waals surface area contributed by atoms with Gasteiger partial charge in [-0.05, 0) is 36.2 Å². The summed E-state index contributed by atoms with van der Waals surface area (Å²) in [5.41, 5.74) is 8.07. The molecule has 2 fully saturated rings. The lowest BCUT2D eigenvalue weighted by Gasteiger charge is -2.36. The van der Waals surface area contributed by atoms with Gasteiger partial charge in [0.1, 0.15) is 6.04 Å². The van der Waals surface area contributed by atoms with Crippen LogP contribution in [0.25, 0.3) is 0 Å². The van der Waals surface area contributed by atoms with Gasteiger partial charge in [-0.15, -0.1) is 0 Å². The van der Waals surface area contributed by atoms with Crippen molar-refractivity contribution >= 4 is 23.4 Å². The zero-order valence-corrected chi connectivity index (χ0v) is 16.2. The fraction of sp³-hybridized carbons (Fsp3) is 0.333. The molecule has 6 nitrogen and oxygen atoms in total. The minimum atomic E-state index is -0.277. The van der Waals surface area contributed by atoms with Crippen molar-refractivity contribution in [2.24, 2.45) is 0 Å². The predicted octanol–water partition coefficient (Wildman–Crippen LogP) is 2.23. The van der Waals surface area contributed by atoms with E-state index in [-0.39, 0.29) is 23.9 Å². The standard InChI is InChI=1S/C21H23ClN4O2/c22-17-8-4-7-16(13-17)18-14-19(24-23-18)21(28)26-11-9-25(10-12-26)20(27)15-5-2-1-3-6-15/h1-8,13,18-19,23-24H,9-12,14H2. The molecule has 7 heteroatoms. The number of carbonyl (C=O) groups is 2. The van der Waals surface area contributed by atoms with E-state index < -0.39 is 0 Å². The van der Waals surface area contributed by atoms with Crippen LogP contribution in [0, 0.1) is 0 Å². The monoisotopic (exact) mass is 398 g/mol. The van der Waals surface area contributed by atoms with E-state index in [1.54, 1.807) is 0 Å². The summed E-state index contributed by atoms with van der Waals surface area (Å²) in [6, 6.07) is 16.7. The number of hydrogen-bond acceptors (Lipinski definition) is 4. The van der Waals surface area contributed by atoms with Gasteiger partial charge < -0.3 is 9.80 Å². The number of amides is 2. The zero-order valence-electron chi connectivity index (χ0n) is 15.5. The molecule has 2 saturated heterocycles. The molecule has 2 aromatic carbocycles. The van der Waals surface area contributed by atoms with Crippen LogP contribution in [0.4, 0.5) is 0 Å². The Labute approximate surface area is 169 Å². The number of nitrogens with zero attached hydrogens (tertiary/aromatic N) is 2. The number of nitrogens with one attached hydrogen (secondary N) is 2. The normalized spacial score (nSPS) is 22.3. The summed E-state index contributed by atoms with van der Waals surface area (Å²) in [5, 5.41) is 0.688. The summed E-state index contributed by atoms with van der Waals surface area (Å²) in [5.74, 6) is 0.0956. The van der Waals surface area contributed by atoms with Crippen LogP contribution in [-0.4, -0.2) is 53.8 Å². The van der Waals surface area contributed by atoms with Crippen LogP contribution in [0.3, 0.4) is 0 Å². The van der Waals surface area contributed by atoms with Gasteiger partial charge in [0.25, 0.3) is 5.91 Å². The Morgan fingerprint density at radius 3 is 2.32 bits per heavy atom. The maximum absolute atomic E-state index is 12.9. The highest BCUT2D eigenvalue weighted by molar-refractivity contribution is 6.30. The van der Waals surface area contributed by atoms with E-state index in [1.807, 2.05) is 64.4 Å². The smallest absolute Gasteiger partial charge is 0.253 e. The molecule has 0 bridgehead atoms. The maximum atomic E-state index is 12.9. The summed E-state index contributed by atoms with van der Waals surface area (Å²) in [7, 11) is 0. The Bertz CT molecular complexity index is 852.